The highest BCUT2D eigenvalue weighted by Crippen LogP contribution is 2.26. The van der Waals surface area contributed by atoms with Gasteiger partial charge < -0.3 is 10.1 Å². The minimum atomic E-state index is -0.562. The van der Waals surface area contributed by atoms with Gasteiger partial charge in [0.25, 0.3) is 5.91 Å². The van der Waals surface area contributed by atoms with Gasteiger partial charge in [0.1, 0.15) is 5.75 Å². The number of pyridine rings is 1. The molecular weight excluding hydrogens is 360 g/mol. The molecule has 1 atom stereocenters. The zero-order valence-corrected chi connectivity index (χ0v) is 16.7. The van der Waals surface area contributed by atoms with E-state index in [-0.39, 0.29) is 5.91 Å². The third-order valence-corrected chi connectivity index (χ3v) is 5.38. The van der Waals surface area contributed by atoms with Crippen LogP contribution in [0, 0.1) is 0 Å². The molecule has 1 heterocycles. The van der Waals surface area contributed by atoms with Crippen molar-refractivity contribution in [3.8, 4) is 5.75 Å². The number of benzene rings is 2. The summed E-state index contributed by atoms with van der Waals surface area (Å²) in [7, 11) is 0. The molecule has 1 aliphatic carbocycles. The molecule has 1 aliphatic rings. The van der Waals surface area contributed by atoms with Gasteiger partial charge in [0.2, 0.25) is 0 Å². The average molecular weight is 386 g/mol. The van der Waals surface area contributed by atoms with Gasteiger partial charge in [-0.3, -0.25) is 9.78 Å². The van der Waals surface area contributed by atoms with E-state index in [1.54, 1.807) is 19.3 Å². The van der Waals surface area contributed by atoms with E-state index < -0.39 is 6.10 Å². The maximum Gasteiger partial charge on any atom is 0.265 e. The van der Waals surface area contributed by atoms with Crippen molar-refractivity contribution in [3.05, 3.63) is 89.2 Å². The summed E-state index contributed by atoms with van der Waals surface area (Å²) in [5, 5.41) is 2.94. The molecule has 0 unspecified atom stereocenters. The number of ether oxygens (including phenoxy) is 1. The van der Waals surface area contributed by atoms with E-state index in [0.717, 1.165) is 30.7 Å². The van der Waals surface area contributed by atoms with Crippen LogP contribution in [0.1, 0.15) is 42.0 Å². The first-order valence-electron chi connectivity index (χ1n) is 10.2. The Balaban J connectivity index is 1.33. The fourth-order valence-electron chi connectivity index (χ4n) is 3.73. The number of aryl methyl sites for hydroxylation is 2. The third kappa shape index (κ3) is 5.02. The molecule has 29 heavy (non-hydrogen) atoms. The van der Waals surface area contributed by atoms with Gasteiger partial charge in [-0.15, -0.1) is 0 Å². The number of aromatic nitrogens is 1. The highest BCUT2D eigenvalue weighted by molar-refractivity contribution is 5.94. The number of hydrogen-bond donors (Lipinski definition) is 1. The lowest BCUT2D eigenvalue weighted by Crippen LogP contribution is -2.30. The van der Waals surface area contributed by atoms with Crippen LogP contribution in [0.5, 0.6) is 5.75 Å². The second-order valence-corrected chi connectivity index (χ2v) is 7.62. The second kappa shape index (κ2) is 8.91. The molecule has 0 saturated carbocycles. The Morgan fingerprint density at radius 3 is 2.41 bits per heavy atom. The maximum atomic E-state index is 12.5. The Labute approximate surface area is 172 Å². The molecule has 0 bridgehead atoms. The van der Waals surface area contributed by atoms with Gasteiger partial charge in [0, 0.05) is 18.1 Å². The summed E-state index contributed by atoms with van der Waals surface area (Å²) < 4.78 is 5.90. The summed E-state index contributed by atoms with van der Waals surface area (Å²) in [4.78, 5) is 16.6. The average Bonchev–Trinajstić information content (AvgIpc) is 2.76. The predicted molar refractivity (Wildman–Crippen MR) is 115 cm³/mol. The fourth-order valence-corrected chi connectivity index (χ4v) is 3.73. The molecule has 0 radical (unpaired) electrons. The Bertz CT molecular complexity index is 968. The normalized spacial score (nSPS) is 14.0. The molecule has 0 aliphatic heterocycles. The first-order valence-corrected chi connectivity index (χ1v) is 10.2. The number of rotatable bonds is 6. The summed E-state index contributed by atoms with van der Waals surface area (Å²) in [6.45, 7) is 1.78. The molecule has 4 heteroatoms. The van der Waals surface area contributed by atoms with E-state index in [4.69, 9.17) is 4.74 Å². The monoisotopic (exact) mass is 386 g/mol. The Kier molecular flexibility index (Phi) is 5.89. The van der Waals surface area contributed by atoms with Crippen molar-refractivity contribution in [1.82, 2.24) is 4.98 Å². The predicted octanol–water partition coefficient (Wildman–Crippen LogP) is 4.96. The summed E-state index contributed by atoms with van der Waals surface area (Å²) >= 11 is 0. The first-order chi connectivity index (χ1) is 14.2. The smallest absolute Gasteiger partial charge is 0.265 e. The summed E-state index contributed by atoms with van der Waals surface area (Å²) in [6, 6.07) is 18.1. The summed E-state index contributed by atoms with van der Waals surface area (Å²) in [5.41, 5.74) is 5.93. The molecule has 0 spiro atoms. The van der Waals surface area contributed by atoms with Crippen LogP contribution in [-0.2, 0) is 24.1 Å². The van der Waals surface area contributed by atoms with Crippen molar-refractivity contribution in [2.24, 2.45) is 0 Å². The maximum absolute atomic E-state index is 12.5. The van der Waals surface area contributed by atoms with Crippen LogP contribution in [0.2, 0.25) is 0 Å². The van der Waals surface area contributed by atoms with E-state index >= 15 is 0 Å². The standard InChI is InChI=1S/C25H26N2O2/c1-18(29-24-11-8-21-4-2-3-5-22(21)17-24)25(28)27-23-9-6-19(7-10-23)16-20-12-14-26-15-13-20/h6-15,17-18H,2-5,16H2,1H3,(H,27,28)/t18-/m0/s1. The molecule has 4 nitrogen and oxygen atoms in total. The highest BCUT2D eigenvalue weighted by Gasteiger charge is 2.16. The lowest BCUT2D eigenvalue weighted by atomic mass is 9.92. The van der Waals surface area contributed by atoms with Crippen LogP contribution >= 0.6 is 0 Å². The number of hydrogen-bond acceptors (Lipinski definition) is 3. The van der Waals surface area contributed by atoms with Crippen molar-refractivity contribution in [3.63, 3.8) is 0 Å². The third-order valence-electron chi connectivity index (χ3n) is 5.38. The van der Waals surface area contributed by atoms with Crippen LogP contribution in [0.3, 0.4) is 0 Å². The summed E-state index contributed by atoms with van der Waals surface area (Å²) in [5.74, 6) is 0.616. The number of nitrogens with zero attached hydrogens (tertiary/aromatic N) is 1. The SMILES string of the molecule is C[C@H](Oc1ccc2c(c1)CCCC2)C(=O)Nc1ccc(Cc2ccncc2)cc1. The number of anilines is 1. The quantitative estimate of drug-likeness (QED) is 0.652. The largest absolute Gasteiger partial charge is 0.481 e. The zero-order chi connectivity index (χ0) is 20.1. The van der Waals surface area contributed by atoms with Gasteiger partial charge in [-0.1, -0.05) is 18.2 Å². The van der Waals surface area contributed by atoms with Gasteiger partial charge >= 0.3 is 0 Å². The van der Waals surface area contributed by atoms with Crippen molar-refractivity contribution >= 4 is 11.6 Å². The molecule has 1 aromatic heterocycles. The van der Waals surface area contributed by atoms with Gasteiger partial charge in [-0.05, 0) is 97.7 Å². The molecule has 148 valence electrons. The molecule has 2 aromatic carbocycles. The topological polar surface area (TPSA) is 51.2 Å². The molecule has 1 N–H and O–H groups in total. The molecule has 4 rings (SSSR count). The first kappa shape index (κ1) is 19.2. The van der Waals surface area contributed by atoms with Crippen molar-refractivity contribution < 1.29 is 9.53 Å². The number of nitrogens with one attached hydrogen (secondary N) is 1. The molecule has 0 fully saturated rings. The van der Waals surface area contributed by atoms with E-state index in [2.05, 4.69) is 22.4 Å². The lowest BCUT2D eigenvalue weighted by Gasteiger charge is -2.19. The number of fused-ring (bicyclic) bond motifs is 1. The van der Waals surface area contributed by atoms with Gasteiger partial charge in [-0.25, -0.2) is 0 Å². The number of carbonyl (C=O) groups excluding carboxylic acids is 1. The van der Waals surface area contributed by atoms with Gasteiger partial charge in [-0.2, -0.15) is 0 Å². The van der Waals surface area contributed by atoms with Crippen LogP contribution in [0.15, 0.2) is 67.0 Å². The lowest BCUT2D eigenvalue weighted by molar-refractivity contribution is -0.122. The Morgan fingerprint density at radius 2 is 1.66 bits per heavy atom. The number of carbonyl (C=O) groups is 1. The highest BCUT2D eigenvalue weighted by atomic mass is 16.5. The zero-order valence-electron chi connectivity index (χ0n) is 16.7. The van der Waals surface area contributed by atoms with Crippen molar-refractivity contribution in [2.45, 2.75) is 45.1 Å². The number of amides is 1. The van der Waals surface area contributed by atoms with Crippen LogP contribution in [0.25, 0.3) is 0 Å². The van der Waals surface area contributed by atoms with E-state index in [1.807, 2.05) is 42.5 Å². The Morgan fingerprint density at radius 1 is 0.966 bits per heavy atom. The molecular formula is C25H26N2O2. The van der Waals surface area contributed by atoms with E-state index in [0.29, 0.717) is 0 Å². The Hall–Kier alpha value is -3.14. The van der Waals surface area contributed by atoms with Crippen LogP contribution in [0.4, 0.5) is 5.69 Å². The van der Waals surface area contributed by atoms with Crippen molar-refractivity contribution in [2.75, 3.05) is 5.32 Å². The summed E-state index contributed by atoms with van der Waals surface area (Å²) in [6.07, 6.45) is 8.60. The van der Waals surface area contributed by atoms with Crippen LogP contribution < -0.4 is 10.1 Å². The van der Waals surface area contributed by atoms with E-state index in [9.17, 15) is 4.79 Å². The molecule has 0 saturated heterocycles. The van der Waals surface area contributed by atoms with Gasteiger partial charge in [0.05, 0.1) is 0 Å². The van der Waals surface area contributed by atoms with E-state index in [1.165, 1.54) is 35.1 Å². The van der Waals surface area contributed by atoms with Crippen LogP contribution in [-0.4, -0.2) is 17.0 Å². The minimum Gasteiger partial charge on any atom is -0.481 e. The second-order valence-electron chi connectivity index (χ2n) is 7.62. The van der Waals surface area contributed by atoms with Gasteiger partial charge in [0.15, 0.2) is 6.10 Å². The van der Waals surface area contributed by atoms with Crippen molar-refractivity contribution in [1.29, 1.82) is 0 Å². The fraction of sp³-hybridized carbons (Fsp3) is 0.280. The minimum absolute atomic E-state index is 0.149. The molecule has 1 amide bonds. The molecule has 3 aromatic rings.